The van der Waals surface area contributed by atoms with E-state index in [1.807, 2.05) is 37.2 Å². The SMILES string of the molecule is CN(C)C[C@@H]1OC[C@H](COC(=O)C(O)(c2ccccc2)C2CCCCC2)O1. The molecule has 6 heteroatoms. The van der Waals surface area contributed by atoms with Crippen LogP contribution < -0.4 is 0 Å². The predicted molar refractivity (Wildman–Crippen MR) is 101 cm³/mol. The standard InChI is InChI=1S/C21H31NO5/c1-22(2)13-19-25-14-18(27-19)15-26-20(23)21(24,16-9-5-3-6-10-16)17-11-7-4-8-12-17/h3,5-6,9-10,17-19,24H,4,7-8,11-15H2,1-2H3/t18-,19-,21?/m1/s1. The molecule has 150 valence electrons. The van der Waals surface area contributed by atoms with Gasteiger partial charge in [-0.2, -0.15) is 0 Å². The number of benzene rings is 1. The van der Waals surface area contributed by atoms with E-state index in [1.165, 1.54) is 0 Å². The summed E-state index contributed by atoms with van der Waals surface area (Å²) in [5.74, 6) is -0.705. The summed E-state index contributed by atoms with van der Waals surface area (Å²) < 4.78 is 16.9. The molecule has 1 saturated carbocycles. The Morgan fingerprint density at radius 1 is 1.22 bits per heavy atom. The van der Waals surface area contributed by atoms with Crippen LogP contribution in [-0.4, -0.2) is 62.2 Å². The molecule has 0 radical (unpaired) electrons. The third-order valence-corrected chi connectivity index (χ3v) is 5.45. The number of esters is 1. The summed E-state index contributed by atoms with van der Waals surface area (Å²) in [6.45, 7) is 1.13. The van der Waals surface area contributed by atoms with Gasteiger partial charge in [-0.25, -0.2) is 4.79 Å². The second-order valence-corrected chi connectivity index (χ2v) is 7.85. The Morgan fingerprint density at radius 2 is 1.93 bits per heavy atom. The predicted octanol–water partition coefficient (Wildman–Crippen LogP) is 2.30. The fourth-order valence-electron chi connectivity index (χ4n) is 4.00. The van der Waals surface area contributed by atoms with E-state index in [2.05, 4.69) is 0 Å². The minimum absolute atomic E-state index is 0.0879. The van der Waals surface area contributed by atoms with Crippen molar-refractivity contribution < 1.29 is 24.1 Å². The van der Waals surface area contributed by atoms with Gasteiger partial charge in [0.05, 0.1) is 6.61 Å². The van der Waals surface area contributed by atoms with E-state index < -0.39 is 11.6 Å². The molecule has 6 nitrogen and oxygen atoms in total. The van der Waals surface area contributed by atoms with Gasteiger partial charge in [-0.05, 0) is 32.5 Å². The van der Waals surface area contributed by atoms with Crippen molar-refractivity contribution in [3.05, 3.63) is 35.9 Å². The van der Waals surface area contributed by atoms with Crippen molar-refractivity contribution in [2.45, 2.75) is 50.1 Å². The average molecular weight is 377 g/mol. The van der Waals surface area contributed by atoms with Gasteiger partial charge in [0.2, 0.25) is 0 Å². The number of nitrogens with zero attached hydrogens (tertiary/aromatic N) is 1. The number of aliphatic hydroxyl groups is 1. The lowest BCUT2D eigenvalue weighted by Gasteiger charge is -2.36. The minimum atomic E-state index is -1.61. The Bertz CT molecular complexity index is 602. The molecular weight excluding hydrogens is 346 g/mol. The van der Waals surface area contributed by atoms with Gasteiger partial charge in [0.25, 0.3) is 0 Å². The molecule has 1 heterocycles. The van der Waals surface area contributed by atoms with Crippen LogP contribution in [-0.2, 0) is 24.6 Å². The van der Waals surface area contributed by atoms with Crippen molar-refractivity contribution in [3.63, 3.8) is 0 Å². The number of hydrogen-bond donors (Lipinski definition) is 1. The monoisotopic (exact) mass is 377 g/mol. The van der Waals surface area contributed by atoms with Gasteiger partial charge in [-0.1, -0.05) is 49.6 Å². The summed E-state index contributed by atoms with van der Waals surface area (Å²) in [5, 5.41) is 11.5. The van der Waals surface area contributed by atoms with Crippen LogP contribution in [0.2, 0.25) is 0 Å². The maximum atomic E-state index is 13.0. The average Bonchev–Trinajstić information content (AvgIpc) is 3.13. The maximum absolute atomic E-state index is 13.0. The van der Waals surface area contributed by atoms with Crippen molar-refractivity contribution >= 4 is 5.97 Å². The second kappa shape index (κ2) is 9.15. The fourth-order valence-corrected chi connectivity index (χ4v) is 4.00. The van der Waals surface area contributed by atoms with Gasteiger partial charge in [0.15, 0.2) is 11.9 Å². The number of carbonyl (C=O) groups excluding carboxylic acids is 1. The van der Waals surface area contributed by atoms with Crippen LogP contribution in [0.1, 0.15) is 37.7 Å². The summed E-state index contributed by atoms with van der Waals surface area (Å²) >= 11 is 0. The normalized spacial score (nSPS) is 26.1. The molecule has 1 saturated heterocycles. The summed E-state index contributed by atoms with van der Waals surface area (Å²) in [5.41, 5.74) is -1.000. The summed E-state index contributed by atoms with van der Waals surface area (Å²) in [6.07, 6.45) is 4.25. The zero-order valence-corrected chi connectivity index (χ0v) is 16.3. The van der Waals surface area contributed by atoms with Crippen molar-refractivity contribution in [3.8, 4) is 0 Å². The molecule has 0 bridgehead atoms. The van der Waals surface area contributed by atoms with Gasteiger partial charge in [-0.15, -0.1) is 0 Å². The van der Waals surface area contributed by atoms with Crippen LogP contribution in [0.25, 0.3) is 0 Å². The maximum Gasteiger partial charge on any atom is 0.343 e. The molecule has 3 rings (SSSR count). The number of likely N-dealkylation sites (N-methyl/N-ethyl adjacent to an activating group) is 1. The summed E-state index contributed by atoms with van der Waals surface area (Å²) in [4.78, 5) is 15.0. The first-order valence-corrected chi connectivity index (χ1v) is 9.87. The minimum Gasteiger partial charge on any atom is -0.460 e. The van der Waals surface area contributed by atoms with Gasteiger partial charge < -0.3 is 24.2 Å². The Hall–Kier alpha value is -1.47. The van der Waals surface area contributed by atoms with E-state index in [-0.39, 0.29) is 24.9 Å². The van der Waals surface area contributed by atoms with Crippen molar-refractivity contribution in [2.75, 3.05) is 33.9 Å². The van der Waals surface area contributed by atoms with E-state index in [4.69, 9.17) is 14.2 Å². The fraction of sp³-hybridized carbons (Fsp3) is 0.667. The Balaban J connectivity index is 1.65. The van der Waals surface area contributed by atoms with E-state index in [9.17, 15) is 9.90 Å². The molecule has 1 unspecified atom stereocenters. The number of rotatable bonds is 7. The summed E-state index contributed by atoms with van der Waals surface area (Å²) in [6, 6.07) is 9.17. The molecule has 0 spiro atoms. The lowest BCUT2D eigenvalue weighted by atomic mass is 9.73. The van der Waals surface area contributed by atoms with E-state index >= 15 is 0 Å². The first-order valence-electron chi connectivity index (χ1n) is 9.87. The zero-order chi connectivity index (χ0) is 19.3. The van der Waals surface area contributed by atoms with Crippen LogP contribution in [0.3, 0.4) is 0 Å². The van der Waals surface area contributed by atoms with Gasteiger partial charge in [0, 0.05) is 12.5 Å². The van der Waals surface area contributed by atoms with Crippen LogP contribution in [0, 0.1) is 5.92 Å². The van der Waals surface area contributed by atoms with Gasteiger partial charge in [-0.3, -0.25) is 0 Å². The molecular formula is C21H31NO5. The first kappa shape index (κ1) is 20.3. The third kappa shape index (κ3) is 4.88. The smallest absolute Gasteiger partial charge is 0.343 e. The highest BCUT2D eigenvalue weighted by atomic mass is 16.7. The van der Waals surface area contributed by atoms with E-state index in [0.717, 1.165) is 32.1 Å². The molecule has 1 aromatic rings. The van der Waals surface area contributed by atoms with E-state index in [0.29, 0.717) is 18.7 Å². The van der Waals surface area contributed by atoms with Crippen LogP contribution in [0.5, 0.6) is 0 Å². The molecule has 2 fully saturated rings. The lowest BCUT2D eigenvalue weighted by Crippen LogP contribution is -2.46. The van der Waals surface area contributed by atoms with Crippen molar-refractivity contribution in [1.29, 1.82) is 0 Å². The zero-order valence-electron chi connectivity index (χ0n) is 16.3. The third-order valence-electron chi connectivity index (χ3n) is 5.45. The van der Waals surface area contributed by atoms with Gasteiger partial charge >= 0.3 is 5.97 Å². The molecule has 0 aromatic heterocycles. The number of hydrogen-bond acceptors (Lipinski definition) is 6. The highest BCUT2D eigenvalue weighted by Gasteiger charge is 2.47. The highest BCUT2D eigenvalue weighted by molar-refractivity contribution is 5.81. The van der Waals surface area contributed by atoms with Crippen molar-refractivity contribution in [1.82, 2.24) is 4.90 Å². The summed E-state index contributed by atoms with van der Waals surface area (Å²) in [7, 11) is 3.90. The number of carbonyl (C=O) groups is 1. The molecule has 1 N–H and O–H groups in total. The second-order valence-electron chi connectivity index (χ2n) is 7.85. The van der Waals surface area contributed by atoms with E-state index in [1.54, 1.807) is 12.1 Å². The van der Waals surface area contributed by atoms with Gasteiger partial charge in [0.1, 0.15) is 12.7 Å². The largest absolute Gasteiger partial charge is 0.460 e. The molecule has 1 aromatic carbocycles. The molecule has 0 amide bonds. The Morgan fingerprint density at radius 3 is 2.59 bits per heavy atom. The van der Waals surface area contributed by atoms with Crippen LogP contribution >= 0.6 is 0 Å². The van der Waals surface area contributed by atoms with Crippen molar-refractivity contribution in [2.24, 2.45) is 5.92 Å². The highest BCUT2D eigenvalue weighted by Crippen LogP contribution is 2.40. The topological polar surface area (TPSA) is 68.2 Å². The molecule has 27 heavy (non-hydrogen) atoms. The van der Waals surface area contributed by atoms with Crippen LogP contribution in [0.4, 0.5) is 0 Å². The quantitative estimate of drug-likeness (QED) is 0.736. The molecule has 2 aliphatic rings. The Kier molecular flexibility index (Phi) is 6.87. The molecule has 1 aliphatic carbocycles. The molecule has 1 aliphatic heterocycles. The van der Waals surface area contributed by atoms with Crippen LogP contribution in [0.15, 0.2) is 30.3 Å². The first-order chi connectivity index (χ1) is 13.0. The molecule has 3 atom stereocenters. The Labute approximate surface area is 161 Å². The number of ether oxygens (including phenoxy) is 3. The lowest BCUT2D eigenvalue weighted by molar-refractivity contribution is -0.179.